The van der Waals surface area contributed by atoms with Crippen molar-refractivity contribution in [3.8, 4) is 0 Å². The second kappa shape index (κ2) is 7.33. The molecule has 0 fully saturated rings. The fraction of sp³-hybridized carbons (Fsp3) is 0.136. The van der Waals surface area contributed by atoms with Crippen LogP contribution in [0.4, 0.5) is 20.6 Å². The van der Waals surface area contributed by atoms with Gasteiger partial charge in [-0.1, -0.05) is 49.4 Å². The van der Waals surface area contributed by atoms with Crippen LogP contribution in [0, 0.1) is 5.82 Å². The summed E-state index contributed by atoms with van der Waals surface area (Å²) in [5, 5.41) is 0. The van der Waals surface area contributed by atoms with Gasteiger partial charge in [0, 0.05) is 5.56 Å². The molecule has 1 heterocycles. The molecular formula is C22H19FN2O3S. The number of carbonyl (C=O) groups is 1. The highest BCUT2D eigenvalue weighted by Gasteiger charge is 2.42. The number of anilines is 2. The maximum Gasteiger partial charge on any atom is 0.343 e. The van der Waals surface area contributed by atoms with Crippen molar-refractivity contribution < 1.29 is 17.6 Å². The zero-order chi connectivity index (χ0) is 20.6. The largest absolute Gasteiger partial charge is 0.343 e. The Labute approximate surface area is 169 Å². The smallest absolute Gasteiger partial charge is 0.287 e. The van der Waals surface area contributed by atoms with Crippen LogP contribution in [-0.2, 0) is 23.0 Å². The zero-order valence-corrected chi connectivity index (χ0v) is 16.6. The lowest BCUT2D eigenvalue weighted by Crippen LogP contribution is -2.50. The third-order valence-electron chi connectivity index (χ3n) is 4.92. The van der Waals surface area contributed by atoms with Crippen LogP contribution in [-0.4, -0.2) is 14.4 Å². The van der Waals surface area contributed by atoms with Gasteiger partial charge < -0.3 is 0 Å². The first-order chi connectivity index (χ1) is 13.9. The van der Waals surface area contributed by atoms with E-state index in [0.717, 1.165) is 9.87 Å². The van der Waals surface area contributed by atoms with E-state index in [-0.39, 0.29) is 22.8 Å². The molecule has 2 amide bonds. The number of nitrogens with zero attached hydrogens (tertiary/aromatic N) is 2. The molecule has 148 valence electrons. The minimum absolute atomic E-state index is 0.0119. The lowest BCUT2D eigenvalue weighted by Gasteiger charge is -2.36. The third kappa shape index (κ3) is 3.27. The van der Waals surface area contributed by atoms with Gasteiger partial charge in [0.25, 0.3) is 10.0 Å². The SMILES string of the molecule is CCc1cccc(N2C(=O)N(Cc3ccccc3F)c3ccccc3S2(=O)=O)c1. The van der Waals surface area contributed by atoms with Gasteiger partial charge in [-0.3, -0.25) is 4.90 Å². The van der Waals surface area contributed by atoms with E-state index in [4.69, 9.17) is 0 Å². The molecule has 3 aromatic carbocycles. The molecule has 1 aliphatic heterocycles. The summed E-state index contributed by atoms with van der Waals surface area (Å²) in [6.45, 7) is 1.87. The number of sulfonamides is 1. The van der Waals surface area contributed by atoms with Gasteiger partial charge in [-0.2, -0.15) is 4.31 Å². The van der Waals surface area contributed by atoms with E-state index in [9.17, 15) is 17.6 Å². The molecule has 5 nitrogen and oxygen atoms in total. The zero-order valence-electron chi connectivity index (χ0n) is 15.7. The Morgan fingerprint density at radius 2 is 1.66 bits per heavy atom. The van der Waals surface area contributed by atoms with Crippen molar-refractivity contribution in [2.45, 2.75) is 24.8 Å². The number of para-hydroxylation sites is 1. The molecule has 3 aromatic rings. The Hall–Kier alpha value is -3.19. The number of amides is 2. The number of benzene rings is 3. The maximum absolute atomic E-state index is 14.2. The first-order valence-corrected chi connectivity index (χ1v) is 10.7. The summed E-state index contributed by atoms with van der Waals surface area (Å²) in [5.41, 5.74) is 1.72. The number of aryl methyl sites for hydroxylation is 1. The molecule has 0 bridgehead atoms. The topological polar surface area (TPSA) is 57.7 Å². The molecule has 0 aliphatic carbocycles. The highest BCUT2D eigenvalue weighted by atomic mass is 32.2. The number of fused-ring (bicyclic) bond motifs is 1. The van der Waals surface area contributed by atoms with Crippen LogP contribution >= 0.6 is 0 Å². The van der Waals surface area contributed by atoms with Gasteiger partial charge in [0.05, 0.1) is 17.9 Å². The van der Waals surface area contributed by atoms with Crippen molar-refractivity contribution in [3.05, 3.63) is 89.7 Å². The summed E-state index contributed by atoms with van der Waals surface area (Å²) in [6, 6.07) is 18.6. The molecule has 4 rings (SSSR count). The highest BCUT2D eigenvalue weighted by molar-refractivity contribution is 7.94. The van der Waals surface area contributed by atoms with Gasteiger partial charge in [0.15, 0.2) is 0 Å². The predicted molar refractivity (Wildman–Crippen MR) is 110 cm³/mol. The molecule has 0 spiro atoms. The monoisotopic (exact) mass is 410 g/mol. The van der Waals surface area contributed by atoms with Crippen molar-refractivity contribution in [3.63, 3.8) is 0 Å². The molecule has 0 aromatic heterocycles. The molecule has 0 unspecified atom stereocenters. The summed E-state index contributed by atoms with van der Waals surface area (Å²) < 4.78 is 41.6. The van der Waals surface area contributed by atoms with Crippen molar-refractivity contribution in [2.75, 3.05) is 9.21 Å². The summed E-state index contributed by atoms with van der Waals surface area (Å²) in [6.07, 6.45) is 0.700. The van der Waals surface area contributed by atoms with Crippen molar-refractivity contribution in [1.29, 1.82) is 0 Å². The van der Waals surface area contributed by atoms with Gasteiger partial charge in [-0.25, -0.2) is 17.6 Å². The predicted octanol–water partition coefficient (Wildman–Crippen LogP) is 4.72. The molecule has 1 aliphatic rings. The van der Waals surface area contributed by atoms with E-state index < -0.39 is 21.9 Å². The number of hydrogen-bond acceptors (Lipinski definition) is 3. The normalized spacial score (nSPS) is 15.3. The Kier molecular flexibility index (Phi) is 4.84. The minimum Gasteiger partial charge on any atom is -0.287 e. The molecular weight excluding hydrogens is 391 g/mol. The van der Waals surface area contributed by atoms with Gasteiger partial charge >= 0.3 is 6.03 Å². The fourth-order valence-corrected chi connectivity index (χ4v) is 5.00. The molecule has 0 atom stereocenters. The van der Waals surface area contributed by atoms with Crippen LogP contribution in [0.5, 0.6) is 0 Å². The van der Waals surface area contributed by atoms with Crippen LogP contribution < -0.4 is 9.21 Å². The summed E-state index contributed by atoms with van der Waals surface area (Å²) in [5.74, 6) is -0.453. The molecule has 0 N–H and O–H groups in total. The van der Waals surface area contributed by atoms with Gasteiger partial charge in [0.2, 0.25) is 0 Å². The van der Waals surface area contributed by atoms with Crippen molar-refractivity contribution in [1.82, 2.24) is 0 Å². The van der Waals surface area contributed by atoms with E-state index in [2.05, 4.69) is 0 Å². The van der Waals surface area contributed by atoms with E-state index >= 15 is 0 Å². The van der Waals surface area contributed by atoms with Crippen molar-refractivity contribution in [2.24, 2.45) is 0 Å². The van der Waals surface area contributed by atoms with E-state index in [1.165, 1.54) is 17.0 Å². The van der Waals surface area contributed by atoms with Crippen molar-refractivity contribution >= 4 is 27.4 Å². The summed E-state index contributed by atoms with van der Waals surface area (Å²) >= 11 is 0. The highest BCUT2D eigenvalue weighted by Crippen LogP contribution is 2.38. The minimum atomic E-state index is -4.10. The third-order valence-corrected chi connectivity index (χ3v) is 6.67. The number of hydrogen-bond donors (Lipinski definition) is 0. The number of rotatable bonds is 4. The Balaban J connectivity index is 1.88. The maximum atomic E-state index is 14.2. The average Bonchev–Trinajstić information content (AvgIpc) is 2.72. The standard InChI is InChI=1S/C22H19FN2O3S/c1-2-16-8-7-10-18(14-16)25-22(26)24(15-17-9-3-4-11-19(17)23)20-12-5-6-13-21(20)29(25,27)28/h3-14H,2,15H2,1H3. The Bertz CT molecular complexity index is 1190. The van der Waals surface area contributed by atoms with Crippen LogP contribution in [0.2, 0.25) is 0 Å². The van der Waals surface area contributed by atoms with Gasteiger partial charge in [-0.15, -0.1) is 0 Å². The second-order valence-corrected chi connectivity index (χ2v) is 8.48. The molecule has 7 heteroatoms. The average molecular weight is 410 g/mol. The van der Waals surface area contributed by atoms with Crippen LogP contribution in [0.25, 0.3) is 0 Å². The number of urea groups is 1. The van der Waals surface area contributed by atoms with E-state index in [0.29, 0.717) is 12.0 Å². The lowest BCUT2D eigenvalue weighted by atomic mass is 10.1. The molecule has 29 heavy (non-hydrogen) atoms. The van der Waals surface area contributed by atoms with Gasteiger partial charge in [-0.05, 0) is 42.3 Å². The van der Waals surface area contributed by atoms with Crippen LogP contribution in [0.15, 0.2) is 77.7 Å². The van der Waals surface area contributed by atoms with E-state index in [1.54, 1.807) is 54.6 Å². The van der Waals surface area contributed by atoms with E-state index in [1.807, 2.05) is 13.0 Å². The first kappa shape index (κ1) is 19.1. The van der Waals surface area contributed by atoms with Gasteiger partial charge in [0.1, 0.15) is 10.7 Å². The first-order valence-electron chi connectivity index (χ1n) is 9.21. The quantitative estimate of drug-likeness (QED) is 0.625. The molecule has 0 saturated carbocycles. The lowest BCUT2D eigenvalue weighted by molar-refractivity contribution is 0.253. The Morgan fingerprint density at radius 3 is 2.41 bits per heavy atom. The fourth-order valence-electron chi connectivity index (χ4n) is 3.41. The number of halogens is 1. The Morgan fingerprint density at radius 1 is 0.931 bits per heavy atom. The molecule has 0 saturated heterocycles. The van der Waals surface area contributed by atoms with Crippen LogP contribution in [0.3, 0.4) is 0 Å². The summed E-state index contributed by atoms with van der Waals surface area (Å²) in [7, 11) is -4.10. The number of carbonyl (C=O) groups excluding carboxylic acids is 1. The molecule has 0 radical (unpaired) electrons. The van der Waals surface area contributed by atoms with Crippen LogP contribution in [0.1, 0.15) is 18.1 Å². The summed E-state index contributed by atoms with van der Waals surface area (Å²) in [4.78, 5) is 14.7. The second-order valence-electron chi connectivity index (χ2n) is 6.72.